The molecule has 0 saturated heterocycles. The number of hydrogen-bond acceptors (Lipinski definition) is 1. The van der Waals surface area contributed by atoms with Crippen LogP contribution in [0, 0.1) is 0 Å². The predicted molar refractivity (Wildman–Crippen MR) is 12.2 cm³/mol. The Morgan fingerprint density at radius 2 is 1.20 bits per heavy atom. The molecule has 0 aliphatic heterocycles. The maximum atomic E-state index is 8.10. The van der Waals surface area contributed by atoms with Crippen LogP contribution in [0.25, 0.3) is 0 Å². The smallest absolute Gasteiger partial charge is 0 e. The first-order valence-electron chi connectivity index (χ1n) is 0.129. The fourth-order valence-corrected chi connectivity index (χ4v) is 0. The van der Waals surface area contributed by atoms with Gasteiger partial charge in [0.1, 0.15) is 0 Å². The summed E-state index contributed by atoms with van der Waals surface area (Å²) in [5.41, 5.74) is 0. The van der Waals surface area contributed by atoms with Crippen LogP contribution in [-0.2, 0) is 39.7 Å². The van der Waals surface area contributed by atoms with Gasteiger partial charge >= 0.3 is 22.6 Å². The third-order valence-electron chi connectivity index (χ3n) is 0. The van der Waals surface area contributed by atoms with Gasteiger partial charge in [-0.05, 0) is 0 Å². The summed E-state index contributed by atoms with van der Waals surface area (Å²) in [5, 5.41) is 0. The van der Waals surface area contributed by atoms with Crippen molar-refractivity contribution in [3.05, 3.63) is 0 Å². The van der Waals surface area contributed by atoms with Crippen LogP contribution in [-0.4, -0.2) is 53.5 Å². The van der Waals surface area contributed by atoms with Gasteiger partial charge in [-0.1, -0.05) is 0 Å². The van der Waals surface area contributed by atoms with Gasteiger partial charge < -0.3 is 0 Å². The van der Waals surface area contributed by atoms with Crippen molar-refractivity contribution >= 4 is 53.5 Å². The predicted octanol–water partition coefficient (Wildman–Crippen LogP) is -0.885. The van der Waals surface area contributed by atoms with Gasteiger partial charge in [0.05, 0.1) is 0 Å². The molecule has 5 heavy (non-hydrogen) atoms. The molecule has 0 amide bonds. The molecule has 0 unspecified atom stereocenters. The summed E-state index contributed by atoms with van der Waals surface area (Å²) < 4.78 is 8.10. The van der Waals surface area contributed by atoms with Crippen molar-refractivity contribution in [2.45, 2.75) is 0 Å². The van der Waals surface area contributed by atoms with Gasteiger partial charge in [-0.25, -0.2) is 0 Å². The summed E-state index contributed by atoms with van der Waals surface area (Å²) in [6.07, 6.45) is 0. The standard InChI is InChI=1S/Bi.Fe.O.Pb.Pd. The maximum absolute atomic E-state index is 8.10. The minimum atomic E-state index is 0. The van der Waals surface area contributed by atoms with Crippen LogP contribution in [0.2, 0.25) is 0 Å². The second kappa shape index (κ2) is 29.3. The summed E-state index contributed by atoms with van der Waals surface area (Å²) in [6, 6.07) is 0. The van der Waals surface area contributed by atoms with Gasteiger partial charge in [-0.2, -0.15) is 0 Å². The van der Waals surface area contributed by atoms with Crippen LogP contribution in [0.15, 0.2) is 0 Å². The van der Waals surface area contributed by atoms with Crippen molar-refractivity contribution in [1.29, 1.82) is 0 Å². The zero-order chi connectivity index (χ0) is 2.00. The summed E-state index contributed by atoms with van der Waals surface area (Å²) >= 11 is 1.50. The fourth-order valence-electron chi connectivity index (χ4n) is 0. The van der Waals surface area contributed by atoms with E-state index in [0.717, 1.165) is 0 Å². The zero-order valence-electron chi connectivity index (χ0n) is 2.03. The van der Waals surface area contributed by atoms with E-state index in [2.05, 4.69) is 0 Å². The first-order chi connectivity index (χ1) is 1.00. The second-order valence-corrected chi connectivity index (χ2v) is 0. The van der Waals surface area contributed by atoms with E-state index in [1.165, 1.54) is 19.2 Å². The average Bonchev–Trinajstić information content (AvgIpc) is 1.00. The van der Waals surface area contributed by atoms with E-state index in [9.17, 15) is 0 Å². The Bertz CT molecular complexity index is 11.6. The molecule has 0 aliphatic rings. The third-order valence-corrected chi connectivity index (χ3v) is 0. The Kier molecular flexibility index (Phi) is 146. The number of hydrogen-bond donors (Lipinski definition) is 0. The molecule has 1 nitrogen and oxygen atoms in total. The van der Waals surface area contributed by atoms with Crippen LogP contribution < -0.4 is 0 Å². The van der Waals surface area contributed by atoms with Crippen molar-refractivity contribution in [3.63, 3.8) is 0 Å². The molecular formula is BiFeOPbPd. The molecule has 0 atom stereocenters. The molecule has 5 heteroatoms. The molecule has 0 aliphatic carbocycles. The molecule has 0 fully saturated rings. The SMILES string of the molecule is [Bi].[Fe].[O]=[Pd].[Pb]. The van der Waals surface area contributed by atoms with Crippen LogP contribution in [0.4, 0.5) is 0 Å². The van der Waals surface area contributed by atoms with Crippen molar-refractivity contribution in [3.8, 4) is 0 Å². The van der Waals surface area contributed by atoms with Crippen LogP contribution in [0.1, 0.15) is 0 Å². The molecule has 0 saturated carbocycles. The molecule has 0 spiro atoms. The van der Waals surface area contributed by atoms with E-state index in [1.54, 1.807) is 0 Å². The van der Waals surface area contributed by atoms with Crippen molar-refractivity contribution in [2.24, 2.45) is 0 Å². The Morgan fingerprint density at radius 3 is 1.20 bits per heavy atom. The second-order valence-electron chi connectivity index (χ2n) is 0. The minimum absolute atomic E-state index is 0. The summed E-state index contributed by atoms with van der Waals surface area (Å²) in [4.78, 5) is 0. The Balaban J connectivity index is -0.00000000167. The maximum Gasteiger partial charge on any atom is 0 e. The largest absolute Gasteiger partial charge is 0 e. The first-order valence-corrected chi connectivity index (χ1v) is 0.764. The van der Waals surface area contributed by atoms with Crippen molar-refractivity contribution in [1.82, 2.24) is 0 Å². The van der Waals surface area contributed by atoms with Gasteiger partial charge in [0.15, 0.2) is 0 Å². The van der Waals surface area contributed by atoms with Gasteiger partial charge in [-0.3, -0.25) is 0 Å². The molecule has 0 aromatic heterocycles. The first kappa shape index (κ1) is 25.0. The summed E-state index contributed by atoms with van der Waals surface area (Å²) in [5.74, 6) is 0. The minimum Gasteiger partial charge on any atom is 0 e. The molecule has 0 bridgehead atoms. The van der Waals surface area contributed by atoms with Crippen LogP contribution >= 0.6 is 0 Å². The molecule has 33 valence electrons. The van der Waals surface area contributed by atoms with Gasteiger partial charge in [0, 0.05) is 70.6 Å². The van der Waals surface area contributed by atoms with E-state index in [4.69, 9.17) is 3.47 Å². The van der Waals surface area contributed by atoms with E-state index in [0.29, 0.717) is 0 Å². The molecule has 0 aromatic rings. The van der Waals surface area contributed by atoms with E-state index in [-0.39, 0.29) is 70.6 Å². The Morgan fingerprint density at radius 1 is 1.20 bits per heavy atom. The van der Waals surface area contributed by atoms with Crippen LogP contribution in [0.5, 0.6) is 0 Å². The van der Waals surface area contributed by atoms with Crippen molar-refractivity contribution < 1.29 is 39.7 Å². The zero-order valence-corrected chi connectivity index (χ0v) is 12.0. The Hall–Kier alpha value is 2.79. The Labute approximate surface area is 91.5 Å². The van der Waals surface area contributed by atoms with Crippen LogP contribution in [0.3, 0.4) is 0 Å². The molecule has 7 radical (unpaired) electrons. The van der Waals surface area contributed by atoms with E-state index < -0.39 is 0 Å². The quantitative estimate of drug-likeness (QED) is 0.333. The average molecular weight is 594 g/mol. The summed E-state index contributed by atoms with van der Waals surface area (Å²) in [6.45, 7) is 0. The molecule has 0 heterocycles. The van der Waals surface area contributed by atoms with E-state index >= 15 is 0 Å². The summed E-state index contributed by atoms with van der Waals surface area (Å²) in [7, 11) is 0. The normalized spacial score (nSPS) is 1.20. The molecule has 0 rings (SSSR count). The van der Waals surface area contributed by atoms with E-state index in [1.807, 2.05) is 0 Å². The van der Waals surface area contributed by atoms with Gasteiger partial charge in [0.2, 0.25) is 0 Å². The fraction of sp³-hybridized carbons (Fsp3) is 0. The topological polar surface area (TPSA) is 17.1 Å². The molecule has 0 N–H and O–H groups in total. The third kappa shape index (κ3) is 20.0. The van der Waals surface area contributed by atoms with Crippen molar-refractivity contribution in [2.75, 3.05) is 0 Å². The monoisotopic (exact) mass is 595 g/mol. The molecule has 0 aromatic carbocycles. The van der Waals surface area contributed by atoms with Gasteiger partial charge in [-0.15, -0.1) is 0 Å². The number of rotatable bonds is 0. The van der Waals surface area contributed by atoms with Gasteiger partial charge in [0.25, 0.3) is 0 Å². The molecular weight excluding hydrogens is 594 g/mol.